The second-order valence-corrected chi connectivity index (χ2v) is 7.19. The fraction of sp³-hybridized carbons (Fsp3) is 0.0769. The van der Waals surface area contributed by atoms with Gasteiger partial charge in [0, 0.05) is 11.8 Å². The van der Waals surface area contributed by atoms with Crippen molar-refractivity contribution in [2.45, 2.75) is 6.54 Å². The number of nitrogens with one attached hydrogen (secondary N) is 2. The molecule has 3 aromatic carbocycles. The Morgan fingerprint density at radius 3 is 2.22 bits per heavy atom. The third-order valence-corrected chi connectivity index (χ3v) is 5.04. The van der Waals surface area contributed by atoms with E-state index in [4.69, 9.17) is 4.74 Å². The summed E-state index contributed by atoms with van der Waals surface area (Å²) in [4.78, 5) is 25.5. The van der Waals surface area contributed by atoms with E-state index < -0.39 is 6.03 Å². The number of anilines is 2. The summed E-state index contributed by atoms with van der Waals surface area (Å²) >= 11 is 0. The Morgan fingerprint density at radius 1 is 0.812 bits per heavy atom. The molecule has 6 nitrogen and oxygen atoms in total. The van der Waals surface area contributed by atoms with E-state index in [0.29, 0.717) is 12.2 Å². The van der Waals surface area contributed by atoms with Crippen LogP contribution in [0.25, 0.3) is 11.1 Å². The highest BCUT2D eigenvalue weighted by Gasteiger charge is 2.11. The first-order chi connectivity index (χ1) is 15.6. The van der Waals surface area contributed by atoms with Gasteiger partial charge in [0.05, 0.1) is 19.3 Å². The van der Waals surface area contributed by atoms with Gasteiger partial charge in [0.1, 0.15) is 11.4 Å². The SMILES string of the molecule is COc1ccc(Cn2cccc(NC(=O)Nc3ccccc3-c3ccccc3)c2=O)cc1. The Hall–Kier alpha value is -4.32. The molecule has 0 saturated heterocycles. The first kappa shape index (κ1) is 20.9. The van der Waals surface area contributed by atoms with E-state index in [1.165, 1.54) is 0 Å². The number of benzene rings is 3. The number of urea groups is 1. The Kier molecular flexibility index (Phi) is 6.32. The lowest BCUT2D eigenvalue weighted by Gasteiger charge is -2.13. The van der Waals surface area contributed by atoms with Gasteiger partial charge in [0.15, 0.2) is 0 Å². The molecule has 4 rings (SSSR count). The van der Waals surface area contributed by atoms with E-state index in [-0.39, 0.29) is 11.2 Å². The third kappa shape index (κ3) is 4.87. The quantitative estimate of drug-likeness (QED) is 0.445. The molecule has 6 heteroatoms. The maximum Gasteiger partial charge on any atom is 0.323 e. The number of hydrogen-bond acceptors (Lipinski definition) is 3. The van der Waals surface area contributed by atoms with Crippen LogP contribution < -0.4 is 20.9 Å². The van der Waals surface area contributed by atoms with Crippen LogP contribution in [0, 0.1) is 0 Å². The molecule has 32 heavy (non-hydrogen) atoms. The van der Waals surface area contributed by atoms with Gasteiger partial charge < -0.3 is 19.9 Å². The minimum absolute atomic E-state index is 0.204. The number of amides is 2. The predicted octanol–water partition coefficient (Wildman–Crippen LogP) is 5.22. The highest BCUT2D eigenvalue weighted by Crippen LogP contribution is 2.27. The summed E-state index contributed by atoms with van der Waals surface area (Å²) in [6.45, 7) is 0.386. The minimum Gasteiger partial charge on any atom is -0.497 e. The lowest BCUT2D eigenvalue weighted by atomic mass is 10.0. The molecule has 0 aliphatic carbocycles. The van der Waals surface area contributed by atoms with Crippen molar-refractivity contribution in [1.29, 1.82) is 0 Å². The zero-order valence-electron chi connectivity index (χ0n) is 17.6. The fourth-order valence-electron chi connectivity index (χ4n) is 3.42. The minimum atomic E-state index is -0.479. The van der Waals surface area contributed by atoms with Gasteiger partial charge in [-0.1, -0.05) is 60.7 Å². The molecule has 0 saturated carbocycles. The zero-order chi connectivity index (χ0) is 22.3. The molecule has 0 aliphatic rings. The summed E-state index contributed by atoms with van der Waals surface area (Å²) in [6, 6.07) is 27.7. The molecule has 0 fully saturated rings. The monoisotopic (exact) mass is 425 g/mol. The molecule has 0 radical (unpaired) electrons. The number of para-hydroxylation sites is 1. The third-order valence-electron chi connectivity index (χ3n) is 5.04. The standard InChI is InChI=1S/C26H23N3O3/c1-32-21-15-13-19(14-16-21)18-29-17-7-12-24(25(29)30)28-26(31)27-23-11-6-5-10-22(23)20-8-3-2-4-9-20/h2-17H,18H2,1H3,(H2,27,28,31). The van der Waals surface area contributed by atoms with Crippen LogP contribution in [0.15, 0.2) is 102 Å². The van der Waals surface area contributed by atoms with Crippen LogP contribution in [-0.2, 0) is 6.54 Å². The van der Waals surface area contributed by atoms with E-state index in [2.05, 4.69) is 10.6 Å². The van der Waals surface area contributed by atoms with Gasteiger partial charge in [-0.25, -0.2) is 4.79 Å². The lowest BCUT2D eigenvalue weighted by molar-refractivity contribution is 0.262. The summed E-state index contributed by atoms with van der Waals surface area (Å²) in [6.07, 6.45) is 1.69. The van der Waals surface area contributed by atoms with Crippen molar-refractivity contribution in [1.82, 2.24) is 4.57 Å². The van der Waals surface area contributed by atoms with Crippen LogP contribution in [0.1, 0.15) is 5.56 Å². The van der Waals surface area contributed by atoms with Gasteiger partial charge in [0.2, 0.25) is 0 Å². The second-order valence-electron chi connectivity index (χ2n) is 7.19. The summed E-state index contributed by atoms with van der Waals surface area (Å²) < 4.78 is 6.72. The average molecular weight is 425 g/mol. The largest absolute Gasteiger partial charge is 0.497 e. The first-order valence-corrected chi connectivity index (χ1v) is 10.2. The number of carbonyl (C=O) groups excluding carboxylic acids is 1. The summed E-state index contributed by atoms with van der Waals surface area (Å²) in [5.41, 5.74) is 3.42. The number of nitrogens with zero attached hydrogens (tertiary/aromatic N) is 1. The van der Waals surface area contributed by atoms with Gasteiger partial charge in [-0.05, 0) is 41.5 Å². The molecule has 1 heterocycles. The van der Waals surface area contributed by atoms with Crippen LogP contribution in [-0.4, -0.2) is 17.7 Å². The second kappa shape index (κ2) is 9.66. The van der Waals surface area contributed by atoms with E-state index in [9.17, 15) is 9.59 Å². The van der Waals surface area contributed by atoms with Crippen LogP contribution in [0.2, 0.25) is 0 Å². The summed E-state index contributed by atoms with van der Waals surface area (Å²) in [5.74, 6) is 0.754. The molecular formula is C26H23N3O3. The van der Waals surface area contributed by atoms with Crippen LogP contribution in [0.4, 0.5) is 16.2 Å². The normalized spacial score (nSPS) is 10.4. The van der Waals surface area contributed by atoms with Crippen molar-refractivity contribution in [2.24, 2.45) is 0 Å². The molecule has 0 unspecified atom stereocenters. The summed E-state index contributed by atoms with van der Waals surface area (Å²) in [7, 11) is 1.61. The zero-order valence-corrected chi connectivity index (χ0v) is 17.6. The van der Waals surface area contributed by atoms with Crippen molar-refractivity contribution in [3.63, 3.8) is 0 Å². The van der Waals surface area contributed by atoms with Gasteiger partial charge in [-0.3, -0.25) is 4.79 Å². The predicted molar refractivity (Wildman–Crippen MR) is 127 cm³/mol. The van der Waals surface area contributed by atoms with E-state index in [1.807, 2.05) is 78.9 Å². The number of ether oxygens (including phenoxy) is 1. The van der Waals surface area contributed by atoms with Gasteiger partial charge in [-0.2, -0.15) is 0 Å². The molecule has 0 atom stereocenters. The highest BCUT2D eigenvalue weighted by atomic mass is 16.5. The fourth-order valence-corrected chi connectivity index (χ4v) is 3.42. The molecule has 0 aliphatic heterocycles. The molecule has 1 aromatic heterocycles. The highest BCUT2D eigenvalue weighted by molar-refractivity contribution is 6.02. The van der Waals surface area contributed by atoms with Crippen molar-refractivity contribution in [3.8, 4) is 16.9 Å². The first-order valence-electron chi connectivity index (χ1n) is 10.2. The number of carbonyl (C=O) groups is 1. The summed E-state index contributed by atoms with van der Waals surface area (Å²) in [5, 5.41) is 5.53. The Balaban J connectivity index is 1.50. The molecule has 0 spiro atoms. The topological polar surface area (TPSA) is 72.4 Å². The molecular weight excluding hydrogens is 402 g/mol. The number of methoxy groups -OCH3 is 1. The van der Waals surface area contributed by atoms with E-state index in [1.54, 1.807) is 30.0 Å². The van der Waals surface area contributed by atoms with E-state index in [0.717, 1.165) is 22.4 Å². The van der Waals surface area contributed by atoms with E-state index >= 15 is 0 Å². The van der Waals surface area contributed by atoms with Crippen molar-refractivity contribution in [2.75, 3.05) is 17.7 Å². The van der Waals surface area contributed by atoms with Crippen molar-refractivity contribution < 1.29 is 9.53 Å². The maximum absolute atomic E-state index is 12.9. The van der Waals surface area contributed by atoms with Gasteiger partial charge in [0.25, 0.3) is 5.56 Å². The van der Waals surface area contributed by atoms with Crippen molar-refractivity contribution >= 4 is 17.4 Å². The number of rotatable bonds is 6. The number of pyridine rings is 1. The Bertz CT molecular complexity index is 1270. The Morgan fingerprint density at radius 2 is 1.47 bits per heavy atom. The smallest absolute Gasteiger partial charge is 0.323 e. The molecule has 2 N–H and O–H groups in total. The average Bonchev–Trinajstić information content (AvgIpc) is 2.83. The molecule has 2 amide bonds. The van der Waals surface area contributed by atoms with Crippen LogP contribution >= 0.6 is 0 Å². The van der Waals surface area contributed by atoms with Crippen LogP contribution in [0.3, 0.4) is 0 Å². The van der Waals surface area contributed by atoms with Crippen molar-refractivity contribution in [3.05, 3.63) is 113 Å². The molecule has 160 valence electrons. The number of aromatic nitrogens is 1. The molecule has 4 aromatic rings. The van der Waals surface area contributed by atoms with Gasteiger partial charge in [-0.15, -0.1) is 0 Å². The maximum atomic E-state index is 12.9. The Labute approximate surface area is 186 Å². The molecule has 0 bridgehead atoms. The number of hydrogen-bond donors (Lipinski definition) is 2. The van der Waals surface area contributed by atoms with Crippen LogP contribution in [0.5, 0.6) is 5.75 Å². The van der Waals surface area contributed by atoms with Gasteiger partial charge >= 0.3 is 6.03 Å². The lowest BCUT2D eigenvalue weighted by Crippen LogP contribution is -2.28.